The highest BCUT2D eigenvalue weighted by Crippen LogP contribution is 2.67. The molecule has 0 spiro atoms. The standard InChI is InChI=1S/C20H34N2O3/c1-14(2)16(23)21(6)10-15-8-7-9-22(11-15)17(24)20-12-19(5,13-20)25-18(20,3)4/h14-15H,7-13H2,1-6H3. The molecule has 142 valence electrons. The normalized spacial score (nSPS) is 36.3. The molecule has 0 aromatic carbocycles. The maximum absolute atomic E-state index is 13.4. The molecule has 0 aromatic heterocycles. The van der Waals surface area contributed by atoms with Crippen molar-refractivity contribution < 1.29 is 14.3 Å². The number of piperidine rings is 1. The van der Waals surface area contributed by atoms with E-state index in [2.05, 4.69) is 25.7 Å². The van der Waals surface area contributed by atoms with Crippen LogP contribution in [0.2, 0.25) is 0 Å². The van der Waals surface area contributed by atoms with E-state index in [0.29, 0.717) is 5.92 Å². The lowest BCUT2D eigenvalue weighted by Crippen LogP contribution is -2.59. The Bertz CT molecular complexity index is 563. The first kappa shape index (κ1) is 18.7. The Kier molecular flexibility index (Phi) is 4.46. The van der Waals surface area contributed by atoms with E-state index in [4.69, 9.17) is 4.74 Å². The fraction of sp³-hybridized carbons (Fsp3) is 0.900. The van der Waals surface area contributed by atoms with Crippen molar-refractivity contribution in [3.63, 3.8) is 0 Å². The van der Waals surface area contributed by atoms with Gasteiger partial charge in [-0.05, 0) is 52.4 Å². The molecule has 3 saturated heterocycles. The summed E-state index contributed by atoms with van der Waals surface area (Å²) >= 11 is 0. The molecule has 5 nitrogen and oxygen atoms in total. The van der Waals surface area contributed by atoms with Gasteiger partial charge in [0.1, 0.15) is 0 Å². The van der Waals surface area contributed by atoms with Crippen molar-refractivity contribution in [2.75, 3.05) is 26.7 Å². The third-order valence-corrected chi connectivity index (χ3v) is 6.62. The molecule has 0 aromatic rings. The number of hydrogen-bond donors (Lipinski definition) is 0. The van der Waals surface area contributed by atoms with Gasteiger partial charge in [0.15, 0.2) is 0 Å². The maximum Gasteiger partial charge on any atom is 0.231 e. The number of rotatable bonds is 4. The predicted molar refractivity (Wildman–Crippen MR) is 97.0 cm³/mol. The van der Waals surface area contributed by atoms with Gasteiger partial charge < -0.3 is 14.5 Å². The number of ether oxygens (including phenoxy) is 1. The third-order valence-electron chi connectivity index (χ3n) is 6.62. The molecule has 4 rings (SSSR count). The smallest absolute Gasteiger partial charge is 0.231 e. The lowest BCUT2D eigenvalue weighted by molar-refractivity contribution is -0.152. The van der Waals surface area contributed by atoms with Crippen LogP contribution in [0.25, 0.3) is 0 Å². The van der Waals surface area contributed by atoms with Gasteiger partial charge in [-0.2, -0.15) is 0 Å². The second-order valence-electron chi connectivity index (χ2n) is 9.63. The topological polar surface area (TPSA) is 49.9 Å². The Morgan fingerprint density at radius 1 is 1.24 bits per heavy atom. The zero-order valence-electron chi connectivity index (χ0n) is 16.7. The van der Waals surface area contributed by atoms with Crippen LogP contribution in [0.1, 0.15) is 60.3 Å². The molecule has 1 aliphatic carbocycles. The first-order valence-electron chi connectivity index (χ1n) is 9.74. The maximum atomic E-state index is 13.4. The lowest BCUT2D eigenvalue weighted by Gasteiger charge is -2.48. The van der Waals surface area contributed by atoms with Crippen molar-refractivity contribution in [1.82, 2.24) is 9.80 Å². The van der Waals surface area contributed by atoms with E-state index in [0.717, 1.165) is 45.3 Å². The first-order chi connectivity index (χ1) is 11.5. The van der Waals surface area contributed by atoms with Crippen LogP contribution >= 0.6 is 0 Å². The zero-order valence-corrected chi connectivity index (χ0v) is 16.7. The molecule has 5 heteroatoms. The molecule has 1 unspecified atom stereocenters. The van der Waals surface area contributed by atoms with E-state index in [1.165, 1.54) is 0 Å². The highest BCUT2D eigenvalue weighted by atomic mass is 16.5. The van der Waals surface area contributed by atoms with E-state index >= 15 is 0 Å². The van der Waals surface area contributed by atoms with Crippen LogP contribution in [0.4, 0.5) is 0 Å². The molecule has 0 N–H and O–H groups in total. The summed E-state index contributed by atoms with van der Waals surface area (Å²) in [6.07, 6.45) is 3.80. The quantitative estimate of drug-likeness (QED) is 0.783. The summed E-state index contributed by atoms with van der Waals surface area (Å²) in [6.45, 7) is 12.5. The fourth-order valence-electron chi connectivity index (χ4n) is 5.46. The van der Waals surface area contributed by atoms with Gasteiger partial charge in [-0.1, -0.05) is 13.8 Å². The summed E-state index contributed by atoms with van der Waals surface area (Å²) in [5.74, 6) is 0.852. The van der Waals surface area contributed by atoms with Gasteiger partial charge in [-0.15, -0.1) is 0 Å². The Balaban J connectivity index is 1.64. The van der Waals surface area contributed by atoms with Gasteiger partial charge in [0.25, 0.3) is 0 Å². The molecule has 3 heterocycles. The fourth-order valence-corrected chi connectivity index (χ4v) is 5.46. The van der Waals surface area contributed by atoms with Crippen LogP contribution in [0, 0.1) is 17.3 Å². The van der Waals surface area contributed by atoms with Gasteiger partial charge in [0.05, 0.1) is 16.6 Å². The number of nitrogens with zero attached hydrogens (tertiary/aromatic N) is 2. The number of amides is 2. The number of fused-ring (bicyclic) bond motifs is 1. The summed E-state index contributed by atoms with van der Waals surface area (Å²) < 4.78 is 6.17. The van der Waals surface area contributed by atoms with Crippen LogP contribution < -0.4 is 0 Å². The van der Waals surface area contributed by atoms with Gasteiger partial charge in [0, 0.05) is 32.6 Å². The summed E-state index contributed by atoms with van der Waals surface area (Å²) in [5.41, 5.74) is -0.836. The minimum Gasteiger partial charge on any atom is -0.368 e. The Labute approximate surface area is 152 Å². The number of likely N-dealkylation sites (tertiary alicyclic amines) is 1. The summed E-state index contributed by atoms with van der Waals surface area (Å²) in [6, 6.07) is 0. The SMILES string of the molecule is CC(C)C(=O)N(C)CC1CCCN(C(=O)C23CC(C)(C2)OC3(C)C)C1. The average molecular weight is 351 g/mol. The third kappa shape index (κ3) is 2.98. The van der Waals surface area contributed by atoms with Crippen LogP contribution in [0.3, 0.4) is 0 Å². The van der Waals surface area contributed by atoms with Gasteiger partial charge in [-0.25, -0.2) is 0 Å². The molecule has 1 atom stereocenters. The van der Waals surface area contributed by atoms with Crippen molar-refractivity contribution in [3.8, 4) is 0 Å². The minimum absolute atomic E-state index is 0.0225. The molecule has 4 fully saturated rings. The van der Waals surface area contributed by atoms with Crippen molar-refractivity contribution in [2.24, 2.45) is 17.3 Å². The summed E-state index contributed by atoms with van der Waals surface area (Å²) in [7, 11) is 1.88. The second kappa shape index (κ2) is 5.97. The van der Waals surface area contributed by atoms with Crippen LogP contribution in [-0.2, 0) is 14.3 Å². The lowest BCUT2D eigenvalue weighted by atomic mass is 9.56. The minimum atomic E-state index is -0.379. The molecular weight excluding hydrogens is 316 g/mol. The number of carbonyl (C=O) groups is 2. The van der Waals surface area contributed by atoms with Crippen molar-refractivity contribution in [1.29, 1.82) is 0 Å². The summed E-state index contributed by atoms with van der Waals surface area (Å²) in [4.78, 5) is 29.4. The monoisotopic (exact) mass is 350 g/mol. The van der Waals surface area contributed by atoms with E-state index in [1.807, 2.05) is 25.8 Å². The number of hydrogen-bond acceptors (Lipinski definition) is 3. The Morgan fingerprint density at radius 3 is 2.40 bits per heavy atom. The molecule has 2 bridgehead atoms. The average Bonchev–Trinajstić information content (AvgIpc) is 2.84. The van der Waals surface area contributed by atoms with Gasteiger partial charge in [0.2, 0.25) is 11.8 Å². The molecule has 4 aliphatic rings. The van der Waals surface area contributed by atoms with Gasteiger partial charge in [-0.3, -0.25) is 9.59 Å². The van der Waals surface area contributed by atoms with Crippen molar-refractivity contribution >= 4 is 11.8 Å². The zero-order chi connectivity index (χ0) is 18.6. The van der Waals surface area contributed by atoms with E-state index < -0.39 is 0 Å². The largest absolute Gasteiger partial charge is 0.368 e. The molecular formula is C20H34N2O3. The first-order valence-corrected chi connectivity index (χ1v) is 9.74. The predicted octanol–water partition coefficient (Wildman–Crippen LogP) is 2.69. The molecule has 1 saturated carbocycles. The molecule has 3 aliphatic heterocycles. The molecule has 2 amide bonds. The molecule has 25 heavy (non-hydrogen) atoms. The van der Waals surface area contributed by atoms with Crippen molar-refractivity contribution in [2.45, 2.75) is 71.5 Å². The van der Waals surface area contributed by atoms with Gasteiger partial charge >= 0.3 is 0 Å². The van der Waals surface area contributed by atoms with Crippen LogP contribution in [-0.4, -0.2) is 59.5 Å². The summed E-state index contributed by atoms with van der Waals surface area (Å²) in [5, 5.41) is 0. The number of carbonyl (C=O) groups excluding carboxylic acids is 2. The van der Waals surface area contributed by atoms with Crippen LogP contribution in [0.15, 0.2) is 0 Å². The van der Waals surface area contributed by atoms with E-state index in [9.17, 15) is 9.59 Å². The molecule has 0 radical (unpaired) electrons. The highest BCUT2D eigenvalue weighted by Gasteiger charge is 2.73. The Hall–Kier alpha value is -1.10. The van der Waals surface area contributed by atoms with E-state index in [1.54, 1.807) is 0 Å². The van der Waals surface area contributed by atoms with Crippen LogP contribution in [0.5, 0.6) is 0 Å². The Morgan fingerprint density at radius 2 is 1.88 bits per heavy atom. The van der Waals surface area contributed by atoms with E-state index in [-0.39, 0.29) is 34.3 Å². The van der Waals surface area contributed by atoms with Crippen molar-refractivity contribution in [3.05, 3.63) is 0 Å². The second-order valence-corrected chi connectivity index (χ2v) is 9.63. The highest BCUT2D eigenvalue weighted by molar-refractivity contribution is 5.86.